The molecule has 19 heavy (non-hydrogen) atoms. The summed E-state index contributed by atoms with van der Waals surface area (Å²) in [5, 5.41) is 1.67. The first-order chi connectivity index (χ1) is 8.94. The molecule has 0 N–H and O–H groups in total. The van der Waals surface area contributed by atoms with E-state index in [2.05, 4.69) is 47.8 Å². The molecule has 1 aromatic rings. The van der Waals surface area contributed by atoms with E-state index in [4.69, 9.17) is 11.6 Å². The summed E-state index contributed by atoms with van der Waals surface area (Å²) in [7, 11) is 2.21. The molecule has 1 aromatic carbocycles. The third-order valence-electron chi connectivity index (χ3n) is 4.46. The average molecular weight is 345 g/mol. The molecule has 2 rings (SSSR count). The summed E-state index contributed by atoms with van der Waals surface area (Å²) in [6.07, 6.45) is 5.17. The first kappa shape index (κ1) is 15.2. The highest BCUT2D eigenvalue weighted by atomic mass is 79.9. The van der Waals surface area contributed by atoms with Gasteiger partial charge in [0.05, 0.1) is 0 Å². The minimum atomic E-state index is 0.518. The zero-order valence-corrected chi connectivity index (χ0v) is 14.4. The number of anilines is 1. The van der Waals surface area contributed by atoms with Gasteiger partial charge in [-0.1, -0.05) is 47.4 Å². The Kier molecular flexibility index (Phi) is 4.84. The summed E-state index contributed by atoms with van der Waals surface area (Å²) in [4.78, 5) is 2.43. The quantitative estimate of drug-likeness (QED) is 0.641. The molecule has 3 heteroatoms. The lowest BCUT2D eigenvalue weighted by Crippen LogP contribution is -2.37. The topological polar surface area (TPSA) is 3.24 Å². The van der Waals surface area contributed by atoms with Crippen LogP contribution < -0.4 is 4.90 Å². The Morgan fingerprint density at radius 3 is 2.53 bits per heavy atom. The normalized spacial score (nSPS) is 19.4. The van der Waals surface area contributed by atoms with E-state index in [1.807, 2.05) is 12.1 Å². The Labute approximate surface area is 130 Å². The standard InChI is InChI=1S/C16H23BrClN/c1-16(2)9-7-12(8-10-16)19(3)15-6-4-5-14(18)13(15)11-17/h4-6,12H,7-11H2,1-3H3. The van der Waals surface area contributed by atoms with Gasteiger partial charge in [-0.25, -0.2) is 0 Å². The van der Waals surface area contributed by atoms with E-state index < -0.39 is 0 Å². The van der Waals surface area contributed by atoms with Crippen molar-refractivity contribution in [2.45, 2.75) is 50.9 Å². The monoisotopic (exact) mass is 343 g/mol. The van der Waals surface area contributed by atoms with E-state index >= 15 is 0 Å². The lowest BCUT2D eigenvalue weighted by atomic mass is 9.75. The van der Waals surface area contributed by atoms with Gasteiger partial charge in [0.15, 0.2) is 0 Å². The SMILES string of the molecule is CN(c1cccc(Cl)c1CBr)C1CCC(C)(C)CC1. The molecule has 0 spiro atoms. The van der Waals surface area contributed by atoms with Gasteiger partial charge < -0.3 is 4.90 Å². The molecule has 106 valence electrons. The smallest absolute Gasteiger partial charge is 0.0467 e. The molecule has 0 heterocycles. The van der Waals surface area contributed by atoms with Crippen LogP contribution in [0, 0.1) is 5.41 Å². The fourth-order valence-corrected chi connectivity index (χ4v) is 3.97. The van der Waals surface area contributed by atoms with Crippen molar-refractivity contribution < 1.29 is 0 Å². The zero-order valence-electron chi connectivity index (χ0n) is 12.0. The fourth-order valence-electron chi connectivity index (χ4n) is 2.98. The molecule has 1 aliphatic carbocycles. The second kappa shape index (κ2) is 6.05. The van der Waals surface area contributed by atoms with Crippen LogP contribution in [-0.4, -0.2) is 13.1 Å². The number of benzene rings is 1. The van der Waals surface area contributed by atoms with Gasteiger partial charge in [-0.15, -0.1) is 0 Å². The molecular formula is C16H23BrClN. The number of rotatable bonds is 3. The summed E-state index contributed by atoms with van der Waals surface area (Å²) in [6, 6.07) is 6.85. The number of hydrogen-bond acceptors (Lipinski definition) is 1. The number of hydrogen-bond donors (Lipinski definition) is 0. The second-order valence-corrected chi connectivity index (χ2v) is 7.35. The van der Waals surface area contributed by atoms with Crippen molar-refractivity contribution in [1.82, 2.24) is 0 Å². The lowest BCUT2D eigenvalue weighted by Gasteiger charge is -2.40. The summed E-state index contributed by atoms with van der Waals surface area (Å²) >= 11 is 9.86. The van der Waals surface area contributed by atoms with Crippen molar-refractivity contribution >= 4 is 33.2 Å². The first-order valence-corrected chi connectivity index (χ1v) is 8.51. The fraction of sp³-hybridized carbons (Fsp3) is 0.625. The lowest BCUT2D eigenvalue weighted by molar-refractivity contribution is 0.222. The summed E-state index contributed by atoms with van der Waals surface area (Å²) in [5.41, 5.74) is 3.00. The van der Waals surface area contributed by atoms with Crippen molar-refractivity contribution in [2.75, 3.05) is 11.9 Å². The van der Waals surface area contributed by atoms with Crippen LogP contribution >= 0.6 is 27.5 Å². The van der Waals surface area contributed by atoms with Crippen molar-refractivity contribution in [2.24, 2.45) is 5.41 Å². The second-order valence-electron chi connectivity index (χ2n) is 6.38. The summed E-state index contributed by atoms with van der Waals surface area (Å²) in [6.45, 7) is 4.76. The molecule has 0 atom stereocenters. The van der Waals surface area contributed by atoms with E-state index in [0.29, 0.717) is 11.5 Å². The Hall–Kier alpha value is -0.210. The van der Waals surface area contributed by atoms with Crippen LogP contribution in [0.4, 0.5) is 5.69 Å². The van der Waals surface area contributed by atoms with Gasteiger partial charge in [0.25, 0.3) is 0 Å². The molecule has 0 bridgehead atoms. The first-order valence-electron chi connectivity index (χ1n) is 7.01. The predicted octanol–water partition coefficient (Wildman–Crippen LogP) is 5.64. The van der Waals surface area contributed by atoms with E-state index in [-0.39, 0.29) is 0 Å². The summed E-state index contributed by atoms with van der Waals surface area (Å²) in [5.74, 6) is 0. The Balaban J connectivity index is 2.16. The largest absolute Gasteiger partial charge is 0.371 e. The van der Waals surface area contributed by atoms with E-state index in [0.717, 1.165) is 10.4 Å². The van der Waals surface area contributed by atoms with E-state index in [1.54, 1.807) is 0 Å². The highest BCUT2D eigenvalue weighted by Gasteiger charge is 2.29. The van der Waals surface area contributed by atoms with Crippen molar-refractivity contribution in [3.63, 3.8) is 0 Å². The molecule has 1 saturated carbocycles. The van der Waals surface area contributed by atoms with Crippen molar-refractivity contribution in [1.29, 1.82) is 0 Å². The summed E-state index contributed by atoms with van der Waals surface area (Å²) < 4.78 is 0. The van der Waals surface area contributed by atoms with Crippen molar-refractivity contribution in [3.8, 4) is 0 Å². The molecule has 1 fully saturated rings. The number of alkyl halides is 1. The van der Waals surface area contributed by atoms with Crippen LogP contribution in [0.5, 0.6) is 0 Å². The van der Waals surface area contributed by atoms with Crippen LogP contribution in [0.1, 0.15) is 45.1 Å². The van der Waals surface area contributed by atoms with Crippen LogP contribution in [0.2, 0.25) is 5.02 Å². The van der Waals surface area contributed by atoms with Crippen LogP contribution in [0.3, 0.4) is 0 Å². The molecule has 0 aromatic heterocycles. The average Bonchev–Trinajstić information content (AvgIpc) is 2.37. The molecule has 1 aliphatic rings. The highest BCUT2D eigenvalue weighted by Crippen LogP contribution is 2.39. The maximum atomic E-state index is 6.30. The van der Waals surface area contributed by atoms with E-state index in [9.17, 15) is 0 Å². The maximum absolute atomic E-state index is 6.30. The molecule has 0 aliphatic heterocycles. The van der Waals surface area contributed by atoms with Gasteiger partial charge in [-0.2, -0.15) is 0 Å². The third-order valence-corrected chi connectivity index (χ3v) is 5.38. The Morgan fingerprint density at radius 2 is 1.95 bits per heavy atom. The predicted molar refractivity (Wildman–Crippen MR) is 88.5 cm³/mol. The van der Waals surface area contributed by atoms with Gasteiger partial charge in [-0.3, -0.25) is 0 Å². The molecule has 1 nitrogen and oxygen atoms in total. The Bertz CT molecular complexity index is 434. The van der Waals surface area contributed by atoms with Crippen LogP contribution in [0.15, 0.2) is 18.2 Å². The van der Waals surface area contributed by atoms with Gasteiger partial charge in [0.1, 0.15) is 0 Å². The van der Waals surface area contributed by atoms with Gasteiger partial charge in [-0.05, 0) is 43.2 Å². The van der Waals surface area contributed by atoms with Crippen molar-refractivity contribution in [3.05, 3.63) is 28.8 Å². The van der Waals surface area contributed by atoms with Crippen LogP contribution in [0.25, 0.3) is 0 Å². The molecule has 0 radical (unpaired) electrons. The minimum absolute atomic E-state index is 0.518. The number of halogens is 2. The van der Waals surface area contributed by atoms with Gasteiger partial charge in [0, 0.05) is 34.7 Å². The molecule has 0 unspecified atom stereocenters. The van der Waals surface area contributed by atoms with Crippen LogP contribution in [-0.2, 0) is 5.33 Å². The minimum Gasteiger partial charge on any atom is -0.371 e. The molecule has 0 amide bonds. The zero-order chi connectivity index (χ0) is 14.0. The van der Waals surface area contributed by atoms with Gasteiger partial charge in [0.2, 0.25) is 0 Å². The highest BCUT2D eigenvalue weighted by molar-refractivity contribution is 9.08. The molecular weight excluding hydrogens is 322 g/mol. The van der Waals surface area contributed by atoms with E-state index in [1.165, 1.54) is 36.9 Å². The molecule has 0 saturated heterocycles. The third kappa shape index (κ3) is 3.46. The maximum Gasteiger partial charge on any atom is 0.0467 e. The Morgan fingerprint density at radius 1 is 1.32 bits per heavy atom. The number of nitrogens with zero attached hydrogens (tertiary/aromatic N) is 1. The van der Waals surface area contributed by atoms with Gasteiger partial charge >= 0.3 is 0 Å².